The molecule has 10 heteroatoms. The van der Waals surface area contributed by atoms with Crippen LogP contribution in [0.4, 0.5) is 10.2 Å². The summed E-state index contributed by atoms with van der Waals surface area (Å²) in [7, 11) is 1.72. The Morgan fingerprint density at radius 3 is 2.73 bits per heavy atom. The van der Waals surface area contributed by atoms with Crippen LogP contribution in [0.3, 0.4) is 0 Å². The lowest BCUT2D eigenvalue weighted by Crippen LogP contribution is -2.18. The van der Waals surface area contributed by atoms with Gasteiger partial charge in [-0.2, -0.15) is 5.26 Å². The fourth-order valence-corrected chi connectivity index (χ4v) is 4.21. The number of rotatable bonds is 7. The summed E-state index contributed by atoms with van der Waals surface area (Å²) in [4.78, 5) is 12.8. The molecule has 1 aromatic carbocycles. The summed E-state index contributed by atoms with van der Waals surface area (Å²) in [6.45, 7) is 4.13. The summed E-state index contributed by atoms with van der Waals surface area (Å²) in [5.41, 5.74) is 2.42. The molecule has 0 unspecified atom stereocenters. The maximum atomic E-state index is 14.1. The number of hydrogen-bond donors (Lipinski definition) is 1. The van der Waals surface area contributed by atoms with Crippen molar-refractivity contribution in [2.24, 2.45) is 7.05 Å². The average Bonchev–Trinajstić information content (AvgIpc) is 3.50. The molecule has 0 fully saturated rings. The lowest BCUT2D eigenvalue weighted by molar-refractivity contribution is -0.113. The molecular weight excluding hydrogens is 443 g/mol. The zero-order chi connectivity index (χ0) is 23.5. The maximum Gasteiger partial charge on any atom is 0.235 e. The van der Waals surface area contributed by atoms with Gasteiger partial charge in [-0.05, 0) is 43.7 Å². The minimum Gasteiger partial charge on any atom is -0.467 e. The molecule has 0 radical (unpaired) electrons. The third kappa shape index (κ3) is 4.40. The highest BCUT2D eigenvalue weighted by atomic mass is 32.2. The summed E-state index contributed by atoms with van der Waals surface area (Å²) >= 11 is 1.18. The van der Waals surface area contributed by atoms with Crippen molar-refractivity contribution in [3.05, 3.63) is 71.1 Å². The van der Waals surface area contributed by atoms with Gasteiger partial charge < -0.3 is 18.9 Å². The smallest absolute Gasteiger partial charge is 0.235 e. The van der Waals surface area contributed by atoms with Crippen molar-refractivity contribution in [3.63, 3.8) is 0 Å². The van der Waals surface area contributed by atoms with Crippen LogP contribution in [0.5, 0.6) is 0 Å². The molecule has 4 rings (SSSR count). The van der Waals surface area contributed by atoms with E-state index in [0.29, 0.717) is 40.2 Å². The second-order valence-corrected chi connectivity index (χ2v) is 8.34. The van der Waals surface area contributed by atoms with Crippen LogP contribution in [0, 0.1) is 31.0 Å². The molecule has 0 aliphatic rings. The van der Waals surface area contributed by atoms with Crippen LogP contribution in [0.1, 0.15) is 22.6 Å². The molecule has 168 valence electrons. The number of nitrogens with one attached hydrogen (secondary N) is 1. The summed E-state index contributed by atoms with van der Waals surface area (Å²) in [5, 5.41) is 21.2. The van der Waals surface area contributed by atoms with Gasteiger partial charge in [-0.1, -0.05) is 23.9 Å². The first-order valence-electron chi connectivity index (χ1n) is 10.1. The minimum absolute atomic E-state index is 0.0398. The Bertz CT molecular complexity index is 1350. The first kappa shape index (κ1) is 22.4. The van der Waals surface area contributed by atoms with Gasteiger partial charge in [0.2, 0.25) is 5.91 Å². The Kier molecular flexibility index (Phi) is 6.33. The first-order valence-corrected chi connectivity index (χ1v) is 11.1. The molecule has 3 aromatic heterocycles. The minimum atomic E-state index is -0.394. The molecule has 0 saturated carbocycles. The van der Waals surface area contributed by atoms with Gasteiger partial charge >= 0.3 is 0 Å². The van der Waals surface area contributed by atoms with E-state index in [1.807, 2.05) is 24.5 Å². The largest absolute Gasteiger partial charge is 0.467 e. The van der Waals surface area contributed by atoms with Crippen molar-refractivity contribution in [1.29, 1.82) is 5.26 Å². The number of halogens is 1. The maximum absolute atomic E-state index is 14.1. The van der Waals surface area contributed by atoms with E-state index in [1.54, 1.807) is 42.1 Å². The van der Waals surface area contributed by atoms with Crippen molar-refractivity contribution in [2.45, 2.75) is 25.5 Å². The van der Waals surface area contributed by atoms with Crippen molar-refractivity contribution >= 4 is 23.5 Å². The Balaban J connectivity index is 1.51. The van der Waals surface area contributed by atoms with Gasteiger partial charge in [0.05, 0.1) is 29.7 Å². The van der Waals surface area contributed by atoms with E-state index in [0.717, 1.165) is 11.3 Å². The van der Waals surface area contributed by atoms with Crippen molar-refractivity contribution < 1.29 is 13.6 Å². The molecule has 0 atom stereocenters. The van der Waals surface area contributed by atoms with Gasteiger partial charge in [0.15, 0.2) is 11.0 Å². The van der Waals surface area contributed by atoms with Crippen LogP contribution in [-0.2, 0) is 18.4 Å². The third-order valence-corrected chi connectivity index (χ3v) is 6.40. The molecule has 0 aliphatic heterocycles. The van der Waals surface area contributed by atoms with Crippen LogP contribution in [-0.4, -0.2) is 31.0 Å². The highest BCUT2D eigenvalue weighted by Crippen LogP contribution is 2.28. The van der Waals surface area contributed by atoms with Gasteiger partial charge in [0, 0.05) is 12.7 Å². The monoisotopic (exact) mass is 464 g/mol. The standard InChI is InChI=1S/C23H21FN6O2S/c1-14-15(2)30(12-16-7-6-10-32-16)21(18(14)11-25)26-20(31)13-33-23-28-27-22(29(23)3)17-8-4-5-9-19(17)24/h4-10H,12-13H2,1-3H3,(H,26,31). The van der Waals surface area contributed by atoms with Crippen LogP contribution in [0.15, 0.2) is 52.2 Å². The van der Waals surface area contributed by atoms with Gasteiger partial charge in [-0.3, -0.25) is 4.79 Å². The second kappa shape index (κ2) is 9.34. The number of carbonyl (C=O) groups excluding carboxylic acids is 1. The second-order valence-electron chi connectivity index (χ2n) is 7.39. The van der Waals surface area contributed by atoms with Crippen molar-refractivity contribution in [1.82, 2.24) is 19.3 Å². The van der Waals surface area contributed by atoms with Crippen LogP contribution in [0.2, 0.25) is 0 Å². The number of carbonyl (C=O) groups is 1. The molecule has 3 heterocycles. The van der Waals surface area contributed by atoms with Crippen LogP contribution >= 0.6 is 11.8 Å². The summed E-state index contributed by atoms with van der Waals surface area (Å²) in [6, 6.07) is 12.1. The van der Waals surface area contributed by atoms with Crippen LogP contribution < -0.4 is 5.32 Å². The normalized spacial score (nSPS) is 10.9. The predicted octanol–water partition coefficient (Wildman–Crippen LogP) is 4.28. The Hall–Kier alpha value is -3.84. The van der Waals surface area contributed by atoms with E-state index in [9.17, 15) is 14.4 Å². The summed E-state index contributed by atoms with van der Waals surface area (Å²) < 4.78 is 23.0. The fourth-order valence-electron chi connectivity index (χ4n) is 3.50. The molecule has 0 spiro atoms. The molecular formula is C23H21FN6O2S. The highest BCUT2D eigenvalue weighted by Gasteiger charge is 2.21. The number of hydrogen-bond acceptors (Lipinski definition) is 6. The topological polar surface area (TPSA) is 102 Å². The van der Waals surface area contributed by atoms with Gasteiger partial charge in [0.1, 0.15) is 23.5 Å². The summed E-state index contributed by atoms with van der Waals surface area (Å²) in [5.74, 6) is 0.862. The van der Waals surface area contributed by atoms with Crippen molar-refractivity contribution in [2.75, 3.05) is 11.1 Å². The van der Waals surface area contributed by atoms with E-state index in [-0.39, 0.29) is 11.7 Å². The zero-order valence-corrected chi connectivity index (χ0v) is 19.1. The quantitative estimate of drug-likeness (QED) is 0.410. The zero-order valence-electron chi connectivity index (χ0n) is 18.3. The number of aromatic nitrogens is 4. The Morgan fingerprint density at radius 1 is 1.24 bits per heavy atom. The van der Waals surface area contributed by atoms with E-state index in [1.165, 1.54) is 17.8 Å². The van der Waals surface area contributed by atoms with Crippen LogP contribution in [0.25, 0.3) is 11.4 Å². The number of amides is 1. The Morgan fingerprint density at radius 2 is 2.03 bits per heavy atom. The van der Waals surface area contributed by atoms with Gasteiger partial charge in [-0.25, -0.2) is 4.39 Å². The first-order chi connectivity index (χ1) is 15.9. The molecule has 1 amide bonds. The van der Waals surface area contributed by atoms with E-state index in [2.05, 4.69) is 21.6 Å². The number of benzene rings is 1. The third-order valence-electron chi connectivity index (χ3n) is 5.38. The average molecular weight is 465 g/mol. The molecule has 4 aromatic rings. The van der Waals surface area contributed by atoms with Crippen molar-refractivity contribution in [3.8, 4) is 17.5 Å². The molecule has 33 heavy (non-hydrogen) atoms. The van der Waals surface area contributed by atoms with E-state index in [4.69, 9.17) is 4.42 Å². The van der Waals surface area contributed by atoms with Gasteiger partial charge in [0.25, 0.3) is 0 Å². The highest BCUT2D eigenvalue weighted by molar-refractivity contribution is 7.99. The number of thioether (sulfide) groups is 1. The molecule has 0 bridgehead atoms. The number of nitrogens with zero attached hydrogens (tertiary/aromatic N) is 5. The van der Waals surface area contributed by atoms with E-state index >= 15 is 0 Å². The number of anilines is 1. The number of nitriles is 1. The SMILES string of the molecule is Cc1c(C#N)c(NC(=O)CSc2nnc(-c3ccccc3F)n2C)n(Cc2ccco2)c1C. The molecule has 1 N–H and O–H groups in total. The summed E-state index contributed by atoms with van der Waals surface area (Å²) in [6.07, 6.45) is 1.58. The number of furan rings is 1. The Labute approximate surface area is 194 Å². The molecule has 0 saturated heterocycles. The predicted molar refractivity (Wildman–Crippen MR) is 122 cm³/mol. The van der Waals surface area contributed by atoms with E-state index < -0.39 is 5.82 Å². The fraction of sp³-hybridized carbons (Fsp3) is 0.217. The molecule has 0 aliphatic carbocycles. The lowest BCUT2D eigenvalue weighted by atomic mass is 10.2. The lowest BCUT2D eigenvalue weighted by Gasteiger charge is -2.12. The molecule has 8 nitrogen and oxygen atoms in total. The van der Waals surface area contributed by atoms with Gasteiger partial charge in [-0.15, -0.1) is 10.2 Å².